The molecule has 1 aliphatic rings. The molecule has 0 saturated heterocycles. The SMILES string of the molecule is OC(CC1=CCCCC1)Cc1c(Cl)cccc1Cl. The van der Waals surface area contributed by atoms with Crippen molar-refractivity contribution in [3.8, 4) is 0 Å². The highest BCUT2D eigenvalue weighted by Crippen LogP contribution is 2.28. The van der Waals surface area contributed by atoms with Gasteiger partial charge in [0.15, 0.2) is 0 Å². The maximum atomic E-state index is 10.1. The lowest BCUT2D eigenvalue weighted by molar-refractivity contribution is 0.173. The van der Waals surface area contributed by atoms with Gasteiger partial charge in [-0.15, -0.1) is 0 Å². The summed E-state index contributed by atoms with van der Waals surface area (Å²) in [7, 11) is 0. The maximum Gasteiger partial charge on any atom is 0.0618 e. The minimum absolute atomic E-state index is 0.397. The van der Waals surface area contributed by atoms with E-state index in [1.54, 1.807) is 0 Å². The Morgan fingerprint density at radius 1 is 1.11 bits per heavy atom. The molecule has 1 nitrogen and oxygen atoms in total. The molecule has 0 bridgehead atoms. The molecule has 0 saturated carbocycles. The second-order valence-corrected chi connectivity index (χ2v) is 5.68. The fraction of sp³-hybridized carbons (Fsp3) is 0.467. The Balaban J connectivity index is 1.98. The molecule has 1 atom stereocenters. The molecule has 1 aromatic carbocycles. The Hall–Kier alpha value is -0.500. The van der Waals surface area contributed by atoms with E-state index >= 15 is 0 Å². The van der Waals surface area contributed by atoms with Gasteiger partial charge < -0.3 is 5.11 Å². The molecule has 1 unspecified atom stereocenters. The van der Waals surface area contributed by atoms with Crippen LogP contribution in [0.25, 0.3) is 0 Å². The van der Waals surface area contributed by atoms with E-state index in [2.05, 4.69) is 6.08 Å². The summed E-state index contributed by atoms with van der Waals surface area (Å²) in [5.74, 6) is 0. The Morgan fingerprint density at radius 3 is 2.44 bits per heavy atom. The van der Waals surface area contributed by atoms with Crippen LogP contribution in [0.1, 0.15) is 37.7 Å². The molecule has 0 aliphatic heterocycles. The number of hydrogen-bond donors (Lipinski definition) is 1. The van der Waals surface area contributed by atoms with E-state index in [0.717, 1.165) is 24.8 Å². The summed E-state index contributed by atoms with van der Waals surface area (Å²) in [4.78, 5) is 0. The van der Waals surface area contributed by atoms with Crippen molar-refractivity contribution in [2.45, 2.75) is 44.6 Å². The average molecular weight is 285 g/mol. The van der Waals surface area contributed by atoms with Crippen molar-refractivity contribution in [3.05, 3.63) is 45.5 Å². The molecule has 0 radical (unpaired) electrons. The van der Waals surface area contributed by atoms with Gasteiger partial charge in [0.05, 0.1) is 6.10 Å². The van der Waals surface area contributed by atoms with E-state index in [9.17, 15) is 5.11 Å². The van der Waals surface area contributed by atoms with E-state index in [1.807, 2.05) is 18.2 Å². The zero-order chi connectivity index (χ0) is 13.0. The first-order chi connectivity index (χ1) is 8.66. The highest BCUT2D eigenvalue weighted by molar-refractivity contribution is 6.35. The summed E-state index contributed by atoms with van der Waals surface area (Å²) in [6, 6.07) is 5.45. The molecule has 0 spiro atoms. The average Bonchev–Trinajstić information content (AvgIpc) is 2.35. The zero-order valence-electron chi connectivity index (χ0n) is 10.3. The van der Waals surface area contributed by atoms with Gasteiger partial charge in [0.1, 0.15) is 0 Å². The predicted octanol–water partition coefficient (Wildman–Crippen LogP) is 4.79. The van der Waals surface area contributed by atoms with Crippen LogP contribution in [-0.4, -0.2) is 11.2 Å². The van der Waals surface area contributed by atoms with Crippen LogP contribution < -0.4 is 0 Å². The van der Waals surface area contributed by atoms with Crippen LogP contribution in [0.15, 0.2) is 29.8 Å². The van der Waals surface area contributed by atoms with Gasteiger partial charge in [-0.1, -0.05) is 40.9 Å². The van der Waals surface area contributed by atoms with E-state index in [0.29, 0.717) is 16.5 Å². The topological polar surface area (TPSA) is 20.2 Å². The summed E-state index contributed by atoms with van der Waals surface area (Å²) in [6.07, 6.45) is 7.91. The third-order valence-corrected chi connectivity index (χ3v) is 4.09. The van der Waals surface area contributed by atoms with Crippen LogP contribution in [-0.2, 0) is 6.42 Å². The van der Waals surface area contributed by atoms with Crippen LogP contribution in [0.3, 0.4) is 0 Å². The molecular formula is C15H18Cl2O. The third kappa shape index (κ3) is 3.74. The lowest BCUT2D eigenvalue weighted by atomic mass is 9.93. The molecule has 0 aromatic heterocycles. The molecule has 3 heteroatoms. The Labute approximate surface area is 118 Å². The van der Waals surface area contributed by atoms with Gasteiger partial charge >= 0.3 is 0 Å². The van der Waals surface area contributed by atoms with Crippen LogP contribution in [0.4, 0.5) is 0 Å². The summed E-state index contributed by atoms with van der Waals surface area (Å²) < 4.78 is 0. The van der Waals surface area contributed by atoms with Gasteiger partial charge in [0.2, 0.25) is 0 Å². The monoisotopic (exact) mass is 284 g/mol. The maximum absolute atomic E-state index is 10.1. The molecular weight excluding hydrogens is 267 g/mol. The summed E-state index contributed by atoms with van der Waals surface area (Å²) in [5.41, 5.74) is 2.22. The molecule has 18 heavy (non-hydrogen) atoms. The summed E-state index contributed by atoms with van der Waals surface area (Å²) in [6.45, 7) is 0. The van der Waals surface area contributed by atoms with E-state index in [1.165, 1.54) is 18.4 Å². The van der Waals surface area contributed by atoms with Crippen LogP contribution >= 0.6 is 23.2 Å². The van der Waals surface area contributed by atoms with Gasteiger partial charge in [-0.05, 0) is 49.8 Å². The molecule has 2 rings (SSSR count). The molecule has 0 heterocycles. The lowest BCUT2D eigenvalue weighted by Crippen LogP contribution is -2.13. The Morgan fingerprint density at radius 2 is 1.83 bits per heavy atom. The number of allylic oxidation sites excluding steroid dienone is 1. The van der Waals surface area contributed by atoms with Gasteiger partial charge in [0, 0.05) is 16.5 Å². The van der Waals surface area contributed by atoms with E-state index in [4.69, 9.17) is 23.2 Å². The van der Waals surface area contributed by atoms with E-state index < -0.39 is 6.10 Å². The van der Waals surface area contributed by atoms with Crippen molar-refractivity contribution in [2.24, 2.45) is 0 Å². The van der Waals surface area contributed by atoms with Gasteiger partial charge in [-0.2, -0.15) is 0 Å². The highest BCUT2D eigenvalue weighted by Gasteiger charge is 2.14. The lowest BCUT2D eigenvalue weighted by Gasteiger charge is -2.17. The number of hydrogen-bond acceptors (Lipinski definition) is 1. The first kappa shape index (κ1) is 13.9. The first-order valence-electron chi connectivity index (χ1n) is 6.45. The normalized spacial score (nSPS) is 17.4. The zero-order valence-corrected chi connectivity index (χ0v) is 11.8. The minimum atomic E-state index is -0.397. The number of aliphatic hydroxyl groups is 1. The number of aliphatic hydroxyl groups excluding tert-OH is 1. The van der Waals surface area contributed by atoms with Crippen LogP contribution in [0.2, 0.25) is 10.0 Å². The quantitative estimate of drug-likeness (QED) is 0.789. The van der Waals surface area contributed by atoms with Crippen molar-refractivity contribution in [2.75, 3.05) is 0 Å². The molecule has 0 amide bonds. The number of halogens is 2. The predicted molar refractivity (Wildman–Crippen MR) is 77.3 cm³/mol. The largest absolute Gasteiger partial charge is 0.392 e. The van der Waals surface area contributed by atoms with Crippen LogP contribution in [0.5, 0.6) is 0 Å². The first-order valence-corrected chi connectivity index (χ1v) is 7.21. The van der Waals surface area contributed by atoms with Gasteiger partial charge in [-0.25, -0.2) is 0 Å². The fourth-order valence-corrected chi connectivity index (χ4v) is 2.98. The number of benzene rings is 1. The number of rotatable bonds is 4. The smallest absolute Gasteiger partial charge is 0.0618 e. The standard InChI is InChI=1S/C15H18Cl2O/c16-14-7-4-8-15(17)13(14)10-12(18)9-11-5-2-1-3-6-11/h4-5,7-8,12,18H,1-3,6,9-10H2. The highest BCUT2D eigenvalue weighted by atomic mass is 35.5. The molecule has 98 valence electrons. The van der Waals surface area contributed by atoms with E-state index in [-0.39, 0.29) is 0 Å². The van der Waals surface area contributed by atoms with Crippen LogP contribution in [0, 0.1) is 0 Å². The molecule has 1 N–H and O–H groups in total. The van der Waals surface area contributed by atoms with Crippen molar-refractivity contribution >= 4 is 23.2 Å². The van der Waals surface area contributed by atoms with Gasteiger partial charge in [-0.3, -0.25) is 0 Å². The van der Waals surface area contributed by atoms with Crippen molar-refractivity contribution < 1.29 is 5.11 Å². The second kappa shape index (κ2) is 6.60. The Bertz CT molecular complexity index is 420. The summed E-state index contributed by atoms with van der Waals surface area (Å²) in [5, 5.41) is 11.4. The molecule has 1 aromatic rings. The molecule has 0 fully saturated rings. The third-order valence-electron chi connectivity index (χ3n) is 3.38. The van der Waals surface area contributed by atoms with Crippen molar-refractivity contribution in [1.82, 2.24) is 0 Å². The van der Waals surface area contributed by atoms with Gasteiger partial charge in [0.25, 0.3) is 0 Å². The molecule has 1 aliphatic carbocycles. The minimum Gasteiger partial charge on any atom is -0.392 e. The van der Waals surface area contributed by atoms with Crippen molar-refractivity contribution in [1.29, 1.82) is 0 Å². The Kier molecular flexibility index (Phi) is 5.11. The van der Waals surface area contributed by atoms with Crippen molar-refractivity contribution in [3.63, 3.8) is 0 Å². The fourth-order valence-electron chi connectivity index (χ4n) is 2.43. The second-order valence-electron chi connectivity index (χ2n) is 4.87. The summed E-state index contributed by atoms with van der Waals surface area (Å²) >= 11 is 12.2.